The number of alkyl halides is 3. The van der Waals surface area contributed by atoms with Gasteiger partial charge in [0.25, 0.3) is 0 Å². The number of hydrogen-bond acceptors (Lipinski definition) is 3. The number of hydrogen-bond donors (Lipinski definition) is 2. The van der Waals surface area contributed by atoms with Crippen LogP contribution in [0.4, 0.5) is 13.2 Å². The maximum Gasteiger partial charge on any atom is 0.408 e. The minimum atomic E-state index is -4.47. The Morgan fingerprint density at radius 3 is 2.24 bits per heavy atom. The van der Waals surface area contributed by atoms with Gasteiger partial charge in [-0.05, 0) is 19.2 Å². The Kier molecular flexibility index (Phi) is 10.1. The lowest BCUT2D eigenvalue weighted by molar-refractivity contribution is -0.156. The molecule has 0 saturated heterocycles. The van der Waals surface area contributed by atoms with Crippen LogP contribution in [0.25, 0.3) is 0 Å². The van der Waals surface area contributed by atoms with Gasteiger partial charge in [-0.3, -0.25) is 0 Å². The average Bonchev–Trinajstić information content (AvgIpc) is 2.29. The van der Waals surface area contributed by atoms with Crippen LogP contribution in [0, 0.1) is 0 Å². The molecule has 0 fully saturated rings. The summed E-state index contributed by atoms with van der Waals surface area (Å²) in [6.07, 6.45) is -0.976. The van der Waals surface area contributed by atoms with E-state index in [0.29, 0.717) is 0 Å². The summed E-state index contributed by atoms with van der Waals surface area (Å²) >= 11 is 0. The highest BCUT2D eigenvalue weighted by Crippen LogP contribution is 2.22. The predicted octanol–water partition coefficient (Wildman–Crippen LogP) is 1.93. The highest BCUT2D eigenvalue weighted by molar-refractivity contribution is 5.51. The Morgan fingerprint density at radius 2 is 1.94 bits per heavy atom. The number of halogens is 3. The van der Waals surface area contributed by atoms with E-state index >= 15 is 0 Å². The number of carbonyl (C=O) groups excluding carboxylic acids is 1. The van der Waals surface area contributed by atoms with E-state index in [1.54, 1.807) is 0 Å². The minimum Gasteiger partial charge on any atom is -0.374 e. The lowest BCUT2D eigenvalue weighted by Gasteiger charge is -2.20. The van der Waals surface area contributed by atoms with E-state index in [0.717, 1.165) is 0 Å². The maximum absolute atomic E-state index is 12.3. The van der Waals surface area contributed by atoms with Gasteiger partial charge in [-0.1, -0.05) is 19.2 Å². The molecule has 0 amide bonds. The summed E-state index contributed by atoms with van der Waals surface area (Å²) in [6.45, 7) is 6.69. The molecule has 0 rings (SSSR count). The van der Waals surface area contributed by atoms with Crippen molar-refractivity contribution in [1.82, 2.24) is 5.32 Å². The largest absolute Gasteiger partial charge is 0.408 e. The zero-order valence-corrected chi connectivity index (χ0v) is 9.63. The Balaban J connectivity index is 0. The smallest absolute Gasteiger partial charge is 0.374 e. The fourth-order valence-corrected chi connectivity index (χ4v) is 0.874. The first-order valence-electron chi connectivity index (χ1n) is 4.75. The van der Waals surface area contributed by atoms with Crippen LogP contribution in [0.2, 0.25) is 0 Å². The van der Waals surface area contributed by atoms with Crippen LogP contribution in [0.3, 0.4) is 0 Å². The Morgan fingerprint density at radius 1 is 1.41 bits per heavy atom. The Labute approximate surface area is 98.9 Å². The molecule has 17 heavy (non-hydrogen) atoms. The normalized spacial score (nSPS) is 12.9. The third-order valence-electron chi connectivity index (χ3n) is 1.59. The van der Waals surface area contributed by atoms with Gasteiger partial charge in [0.1, 0.15) is 12.3 Å². The van der Waals surface area contributed by atoms with Gasteiger partial charge in [0.2, 0.25) is 0 Å². The van der Waals surface area contributed by atoms with Crippen molar-refractivity contribution in [2.24, 2.45) is 5.73 Å². The first-order valence-corrected chi connectivity index (χ1v) is 4.75. The fourth-order valence-electron chi connectivity index (χ4n) is 0.874. The van der Waals surface area contributed by atoms with Crippen LogP contribution >= 0.6 is 0 Å². The van der Waals surface area contributed by atoms with Crippen molar-refractivity contribution in [1.29, 1.82) is 0 Å². The molecule has 3 nitrogen and oxygen atoms in total. The predicted molar refractivity (Wildman–Crippen MR) is 62.2 cm³/mol. The van der Waals surface area contributed by atoms with E-state index in [9.17, 15) is 18.0 Å². The minimum absolute atomic E-state index is 0.175. The molecule has 0 spiro atoms. The highest BCUT2D eigenvalue weighted by Gasteiger charge is 2.39. The van der Waals surface area contributed by atoms with Crippen molar-refractivity contribution in [3.05, 3.63) is 37.1 Å². The molecular weight excluding hydrogens is 233 g/mol. The third kappa shape index (κ3) is 8.27. The molecule has 0 heterocycles. The standard InChI is InChI=1S/C10H12F3NO.CH5N/c1-3-5-8(4-2)14-9(6-7-15)10(11,12)13;1-2/h3-5,7,9,14H,1-2,6H2;2H2,1H3/b8-5+;. The molecule has 0 aliphatic rings. The lowest BCUT2D eigenvalue weighted by Crippen LogP contribution is -2.41. The van der Waals surface area contributed by atoms with E-state index in [2.05, 4.69) is 24.2 Å². The zero-order chi connectivity index (χ0) is 13.9. The molecule has 0 aliphatic heterocycles. The molecule has 0 radical (unpaired) electrons. The number of nitrogens with one attached hydrogen (secondary N) is 1. The van der Waals surface area contributed by atoms with E-state index < -0.39 is 18.6 Å². The quantitative estimate of drug-likeness (QED) is 0.559. The third-order valence-corrected chi connectivity index (χ3v) is 1.59. The second-order valence-corrected chi connectivity index (χ2v) is 2.70. The molecule has 0 bridgehead atoms. The van der Waals surface area contributed by atoms with Crippen LogP contribution in [0.5, 0.6) is 0 Å². The number of aldehydes is 1. The van der Waals surface area contributed by atoms with Crippen molar-refractivity contribution >= 4 is 6.29 Å². The maximum atomic E-state index is 12.3. The Bertz CT molecular complexity index is 272. The van der Waals surface area contributed by atoms with Crippen LogP contribution < -0.4 is 11.1 Å². The van der Waals surface area contributed by atoms with E-state index in [1.807, 2.05) is 0 Å². The van der Waals surface area contributed by atoms with Crippen molar-refractivity contribution in [3.8, 4) is 0 Å². The molecule has 0 saturated carbocycles. The first kappa shape index (κ1) is 17.8. The summed E-state index contributed by atoms with van der Waals surface area (Å²) in [7, 11) is 1.50. The summed E-state index contributed by atoms with van der Waals surface area (Å²) in [6, 6.07) is -1.89. The zero-order valence-electron chi connectivity index (χ0n) is 9.63. The topological polar surface area (TPSA) is 55.1 Å². The fraction of sp³-hybridized carbons (Fsp3) is 0.364. The molecule has 6 heteroatoms. The van der Waals surface area contributed by atoms with Crippen LogP contribution in [0.15, 0.2) is 37.1 Å². The summed E-state index contributed by atoms with van der Waals surface area (Å²) in [5.41, 5.74) is 4.68. The molecule has 0 aliphatic carbocycles. The van der Waals surface area contributed by atoms with Gasteiger partial charge >= 0.3 is 6.18 Å². The van der Waals surface area contributed by atoms with Gasteiger partial charge in [-0.15, -0.1) is 0 Å². The summed E-state index contributed by atoms with van der Waals surface area (Å²) in [4.78, 5) is 10.1. The molecule has 3 N–H and O–H groups in total. The van der Waals surface area contributed by atoms with Gasteiger partial charge < -0.3 is 15.8 Å². The van der Waals surface area contributed by atoms with Crippen molar-refractivity contribution in [3.63, 3.8) is 0 Å². The number of carbonyl (C=O) groups is 1. The summed E-state index contributed by atoms with van der Waals surface area (Å²) in [5.74, 6) is 0. The lowest BCUT2D eigenvalue weighted by atomic mass is 10.2. The first-order chi connectivity index (χ1) is 7.95. The van der Waals surface area contributed by atoms with Gasteiger partial charge in [0.05, 0.1) is 0 Å². The molecule has 0 aromatic carbocycles. The van der Waals surface area contributed by atoms with E-state index in [1.165, 1.54) is 25.3 Å². The summed E-state index contributed by atoms with van der Waals surface area (Å²) in [5, 5.41) is 2.16. The molecule has 1 unspecified atom stereocenters. The molecule has 1 atom stereocenters. The second kappa shape index (κ2) is 9.65. The van der Waals surface area contributed by atoms with Crippen molar-refractivity contribution in [2.75, 3.05) is 7.05 Å². The SMILES string of the molecule is C=C/C=C(\C=C)NC(CC=O)C(F)(F)F.CN. The molecule has 0 aromatic rings. The van der Waals surface area contributed by atoms with Crippen molar-refractivity contribution in [2.45, 2.75) is 18.6 Å². The average molecular weight is 250 g/mol. The highest BCUT2D eigenvalue weighted by atomic mass is 19.4. The van der Waals surface area contributed by atoms with Crippen molar-refractivity contribution < 1.29 is 18.0 Å². The number of allylic oxidation sites excluding steroid dienone is 3. The molecule has 0 aromatic heterocycles. The monoisotopic (exact) mass is 250 g/mol. The molecule has 98 valence electrons. The van der Waals surface area contributed by atoms with Gasteiger partial charge in [-0.2, -0.15) is 13.2 Å². The summed E-state index contributed by atoms with van der Waals surface area (Å²) < 4.78 is 37.0. The number of nitrogens with two attached hydrogens (primary N) is 1. The van der Waals surface area contributed by atoms with Crippen LogP contribution in [0.1, 0.15) is 6.42 Å². The van der Waals surface area contributed by atoms with Gasteiger partial charge in [-0.25, -0.2) is 0 Å². The number of rotatable bonds is 6. The Hall–Kier alpha value is -1.56. The molecular formula is C11H17F3N2O. The van der Waals surface area contributed by atoms with Crippen LogP contribution in [-0.2, 0) is 4.79 Å². The van der Waals surface area contributed by atoms with E-state index in [4.69, 9.17) is 0 Å². The second-order valence-electron chi connectivity index (χ2n) is 2.70. The van der Waals surface area contributed by atoms with E-state index in [-0.39, 0.29) is 12.0 Å². The van der Waals surface area contributed by atoms with Gasteiger partial charge in [0, 0.05) is 12.1 Å². The van der Waals surface area contributed by atoms with Crippen LogP contribution in [-0.4, -0.2) is 25.6 Å². The van der Waals surface area contributed by atoms with Gasteiger partial charge in [0.15, 0.2) is 0 Å².